The normalized spacial score (nSPS) is 20.4. The summed E-state index contributed by atoms with van der Waals surface area (Å²) in [5.74, 6) is -0.648. The molecule has 0 bridgehead atoms. The number of ketones is 1. The van der Waals surface area contributed by atoms with Crippen molar-refractivity contribution in [3.05, 3.63) is 71.0 Å². The van der Waals surface area contributed by atoms with E-state index in [-0.39, 0.29) is 17.7 Å². The molecule has 6 nitrogen and oxygen atoms in total. The van der Waals surface area contributed by atoms with Gasteiger partial charge in [-0.25, -0.2) is 4.39 Å². The summed E-state index contributed by atoms with van der Waals surface area (Å²) in [6.07, 6.45) is 0.970. The predicted octanol–water partition coefficient (Wildman–Crippen LogP) is 2.52. The molecule has 31 heavy (non-hydrogen) atoms. The van der Waals surface area contributed by atoms with Crippen LogP contribution in [0.3, 0.4) is 0 Å². The molecule has 2 aromatic rings. The van der Waals surface area contributed by atoms with Crippen molar-refractivity contribution < 1.29 is 23.5 Å². The van der Waals surface area contributed by atoms with Crippen LogP contribution in [-0.4, -0.2) is 68.7 Å². The highest BCUT2D eigenvalue weighted by atomic mass is 19.1. The molecule has 0 aliphatic carbocycles. The maximum atomic E-state index is 13.2. The number of carbonyl (C=O) groups is 2. The summed E-state index contributed by atoms with van der Waals surface area (Å²) in [5.41, 5.74) is 0.968. The molecular weight excluding hydrogens is 399 g/mol. The molecule has 4 rings (SSSR count). The molecule has 2 atom stereocenters. The summed E-state index contributed by atoms with van der Waals surface area (Å²) in [7, 11) is 0. The minimum atomic E-state index is -0.410. The van der Waals surface area contributed by atoms with Gasteiger partial charge in [0.2, 0.25) is 0 Å². The molecule has 0 aromatic heterocycles. The lowest BCUT2D eigenvalue weighted by Crippen LogP contribution is -2.52. The molecule has 7 heteroatoms. The molecule has 0 radical (unpaired) electrons. The highest BCUT2D eigenvalue weighted by Crippen LogP contribution is 2.22. The van der Waals surface area contributed by atoms with Crippen LogP contribution < -0.4 is 5.32 Å². The van der Waals surface area contributed by atoms with Crippen LogP contribution in [0.25, 0.3) is 0 Å². The minimum Gasteiger partial charge on any atom is -0.381 e. The first-order valence-electron chi connectivity index (χ1n) is 10.7. The molecule has 2 fully saturated rings. The van der Waals surface area contributed by atoms with Crippen LogP contribution in [0.4, 0.5) is 4.39 Å². The third-order valence-corrected chi connectivity index (χ3v) is 6.02. The van der Waals surface area contributed by atoms with Gasteiger partial charge in [0.15, 0.2) is 5.78 Å². The Morgan fingerprint density at radius 1 is 1.00 bits per heavy atom. The zero-order valence-corrected chi connectivity index (χ0v) is 17.4. The SMILES string of the molecule is O=C(NCC(C1CCOC1)N1CCOCC1)c1ccccc1C(=O)c1ccc(F)cc1. The van der Waals surface area contributed by atoms with Gasteiger partial charge < -0.3 is 14.8 Å². The molecule has 2 heterocycles. The average molecular weight is 426 g/mol. The number of carbonyl (C=O) groups excluding carboxylic acids is 2. The molecule has 2 aliphatic rings. The molecule has 2 aromatic carbocycles. The summed E-state index contributed by atoms with van der Waals surface area (Å²) >= 11 is 0. The maximum absolute atomic E-state index is 13.2. The highest BCUT2D eigenvalue weighted by Gasteiger charge is 2.32. The Morgan fingerprint density at radius 3 is 2.39 bits per heavy atom. The third kappa shape index (κ3) is 5.18. The van der Waals surface area contributed by atoms with E-state index in [9.17, 15) is 14.0 Å². The minimum absolute atomic E-state index is 0.162. The van der Waals surface area contributed by atoms with Crippen molar-refractivity contribution in [2.75, 3.05) is 46.1 Å². The van der Waals surface area contributed by atoms with E-state index in [0.717, 1.165) is 26.1 Å². The molecule has 0 saturated carbocycles. The van der Waals surface area contributed by atoms with Gasteiger partial charge >= 0.3 is 0 Å². The number of amides is 1. The van der Waals surface area contributed by atoms with E-state index >= 15 is 0 Å². The van der Waals surface area contributed by atoms with Crippen LogP contribution >= 0.6 is 0 Å². The molecular formula is C24H27FN2O4. The lowest BCUT2D eigenvalue weighted by molar-refractivity contribution is 0.00166. The van der Waals surface area contributed by atoms with Gasteiger partial charge in [0.05, 0.1) is 25.4 Å². The largest absolute Gasteiger partial charge is 0.381 e. The Labute approximate surface area is 181 Å². The zero-order chi connectivity index (χ0) is 21.6. The van der Waals surface area contributed by atoms with E-state index in [1.807, 2.05) is 0 Å². The lowest BCUT2D eigenvalue weighted by Gasteiger charge is -2.37. The van der Waals surface area contributed by atoms with E-state index in [1.54, 1.807) is 24.3 Å². The van der Waals surface area contributed by atoms with Gasteiger partial charge in [-0.1, -0.05) is 18.2 Å². The van der Waals surface area contributed by atoms with E-state index in [0.29, 0.717) is 49.0 Å². The Hall–Kier alpha value is -2.61. The second-order valence-electron chi connectivity index (χ2n) is 7.93. The number of hydrogen-bond donors (Lipinski definition) is 1. The topological polar surface area (TPSA) is 67.9 Å². The van der Waals surface area contributed by atoms with Crippen LogP contribution in [0.2, 0.25) is 0 Å². The van der Waals surface area contributed by atoms with E-state index in [4.69, 9.17) is 9.47 Å². The first-order chi connectivity index (χ1) is 15.1. The first-order valence-corrected chi connectivity index (χ1v) is 10.7. The van der Waals surface area contributed by atoms with Crippen molar-refractivity contribution in [3.8, 4) is 0 Å². The molecule has 164 valence electrons. The first kappa shape index (κ1) is 21.6. The fourth-order valence-electron chi connectivity index (χ4n) is 4.29. The number of rotatable bonds is 7. The molecule has 1 amide bonds. The second kappa shape index (κ2) is 10.1. The number of nitrogens with zero attached hydrogens (tertiary/aromatic N) is 1. The smallest absolute Gasteiger partial charge is 0.252 e. The van der Waals surface area contributed by atoms with Gasteiger partial charge in [-0.3, -0.25) is 14.5 Å². The Balaban J connectivity index is 1.48. The number of morpholine rings is 1. The monoisotopic (exact) mass is 426 g/mol. The second-order valence-corrected chi connectivity index (χ2v) is 7.93. The number of benzene rings is 2. The highest BCUT2D eigenvalue weighted by molar-refractivity contribution is 6.15. The van der Waals surface area contributed by atoms with Gasteiger partial charge in [0, 0.05) is 49.3 Å². The lowest BCUT2D eigenvalue weighted by atomic mass is 9.95. The summed E-state index contributed by atoms with van der Waals surface area (Å²) in [6.45, 7) is 4.95. The summed E-state index contributed by atoms with van der Waals surface area (Å²) in [5, 5.41) is 3.04. The van der Waals surface area contributed by atoms with E-state index in [2.05, 4.69) is 10.2 Å². The maximum Gasteiger partial charge on any atom is 0.252 e. The Bertz CT molecular complexity index is 906. The van der Waals surface area contributed by atoms with Gasteiger partial charge in [0.25, 0.3) is 5.91 Å². The van der Waals surface area contributed by atoms with Crippen molar-refractivity contribution in [2.24, 2.45) is 5.92 Å². The van der Waals surface area contributed by atoms with Crippen LogP contribution in [0.1, 0.15) is 32.7 Å². The fraction of sp³-hybridized carbons (Fsp3) is 0.417. The molecule has 2 saturated heterocycles. The molecule has 1 N–H and O–H groups in total. The van der Waals surface area contributed by atoms with Crippen molar-refractivity contribution in [2.45, 2.75) is 12.5 Å². The van der Waals surface area contributed by atoms with E-state index in [1.165, 1.54) is 24.3 Å². The van der Waals surface area contributed by atoms with Crippen molar-refractivity contribution in [1.82, 2.24) is 10.2 Å². The number of hydrogen-bond acceptors (Lipinski definition) is 5. The quantitative estimate of drug-likeness (QED) is 0.690. The standard InChI is InChI=1S/C24H27FN2O4/c25-19-7-5-17(6-8-19)23(28)20-3-1-2-4-21(20)24(29)26-15-22(18-9-12-31-16-18)27-10-13-30-14-11-27/h1-8,18,22H,9-16H2,(H,26,29). The Morgan fingerprint density at radius 2 is 1.71 bits per heavy atom. The zero-order valence-electron chi connectivity index (χ0n) is 17.4. The van der Waals surface area contributed by atoms with Crippen LogP contribution in [0.5, 0.6) is 0 Å². The molecule has 2 unspecified atom stereocenters. The van der Waals surface area contributed by atoms with Gasteiger partial charge in [-0.2, -0.15) is 0 Å². The van der Waals surface area contributed by atoms with Crippen LogP contribution in [0, 0.1) is 11.7 Å². The van der Waals surface area contributed by atoms with Gasteiger partial charge in [0.1, 0.15) is 5.82 Å². The predicted molar refractivity (Wildman–Crippen MR) is 114 cm³/mol. The number of nitrogens with one attached hydrogen (secondary N) is 1. The summed E-state index contributed by atoms with van der Waals surface area (Å²) < 4.78 is 24.3. The van der Waals surface area contributed by atoms with Crippen LogP contribution in [-0.2, 0) is 9.47 Å². The van der Waals surface area contributed by atoms with Crippen molar-refractivity contribution in [1.29, 1.82) is 0 Å². The Kier molecular flexibility index (Phi) is 7.06. The van der Waals surface area contributed by atoms with E-state index < -0.39 is 5.82 Å². The number of ether oxygens (including phenoxy) is 2. The fourth-order valence-corrected chi connectivity index (χ4v) is 4.29. The molecule has 0 spiro atoms. The van der Waals surface area contributed by atoms with Crippen molar-refractivity contribution >= 4 is 11.7 Å². The summed E-state index contributed by atoms with van der Waals surface area (Å²) in [6, 6.07) is 12.2. The van der Waals surface area contributed by atoms with Gasteiger partial charge in [-0.05, 0) is 36.8 Å². The van der Waals surface area contributed by atoms with Crippen molar-refractivity contribution in [3.63, 3.8) is 0 Å². The molecule has 2 aliphatic heterocycles. The van der Waals surface area contributed by atoms with Crippen LogP contribution in [0.15, 0.2) is 48.5 Å². The number of halogens is 1. The summed E-state index contributed by atoms with van der Waals surface area (Å²) in [4.78, 5) is 28.4. The average Bonchev–Trinajstić information content (AvgIpc) is 3.34. The third-order valence-electron chi connectivity index (χ3n) is 6.02. The van der Waals surface area contributed by atoms with Gasteiger partial charge in [-0.15, -0.1) is 0 Å².